The van der Waals surface area contributed by atoms with Crippen LogP contribution >= 0.6 is 0 Å². The van der Waals surface area contributed by atoms with Crippen LogP contribution in [0.15, 0.2) is 84.9 Å². The zero-order valence-corrected chi connectivity index (χ0v) is 11.1. The molecule has 0 spiro atoms. The first kappa shape index (κ1) is 12.5. The fraction of sp³-hybridized carbons (Fsp3) is 0. The van der Waals surface area contributed by atoms with Gasteiger partial charge in [-0.1, -0.05) is 60.7 Å². The van der Waals surface area contributed by atoms with Crippen molar-refractivity contribution in [3.63, 3.8) is 0 Å². The molecule has 0 bridgehead atoms. The molecule has 0 fully saturated rings. The molecule has 0 saturated heterocycles. The van der Waals surface area contributed by atoms with Crippen molar-refractivity contribution in [2.45, 2.75) is 0 Å². The average molecular weight is 260 g/mol. The van der Waals surface area contributed by atoms with Crippen LogP contribution in [0.3, 0.4) is 0 Å². The molecule has 0 amide bonds. The average Bonchev–Trinajstić information content (AvgIpc) is 2.56. The second-order valence-corrected chi connectivity index (χ2v) is 4.62. The SMILES string of the molecule is NN(c1ccccc1)c1cccc(-c2ccccc2)c1. The molecule has 2 N–H and O–H groups in total. The summed E-state index contributed by atoms with van der Waals surface area (Å²) in [6.07, 6.45) is 0. The van der Waals surface area contributed by atoms with Crippen molar-refractivity contribution < 1.29 is 0 Å². The molecule has 2 heteroatoms. The summed E-state index contributed by atoms with van der Waals surface area (Å²) < 4.78 is 0. The molecule has 3 aromatic carbocycles. The van der Waals surface area contributed by atoms with Gasteiger partial charge in [-0.3, -0.25) is 5.01 Å². The predicted octanol–water partition coefficient (Wildman–Crippen LogP) is 4.37. The number of rotatable bonds is 3. The van der Waals surface area contributed by atoms with Crippen LogP contribution in [0.5, 0.6) is 0 Å². The van der Waals surface area contributed by atoms with E-state index in [2.05, 4.69) is 24.3 Å². The third-order valence-corrected chi connectivity index (χ3v) is 3.27. The van der Waals surface area contributed by atoms with E-state index in [4.69, 9.17) is 5.84 Å². The number of benzene rings is 3. The summed E-state index contributed by atoms with van der Waals surface area (Å²) in [7, 11) is 0. The van der Waals surface area contributed by atoms with E-state index in [1.165, 1.54) is 5.56 Å². The highest BCUT2D eigenvalue weighted by Gasteiger charge is 2.05. The van der Waals surface area contributed by atoms with Crippen molar-refractivity contribution in [1.29, 1.82) is 0 Å². The molecule has 0 radical (unpaired) electrons. The predicted molar refractivity (Wildman–Crippen MR) is 84.6 cm³/mol. The Hall–Kier alpha value is -2.58. The molecule has 0 aliphatic heterocycles. The van der Waals surface area contributed by atoms with E-state index in [9.17, 15) is 0 Å². The summed E-state index contributed by atoms with van der Waals surface area (Å²) in [5, 5.41) is 1.70. The van der Waals surface area contributed by atoms with Crippen molar-refractivity contribution in [3.05, 3.63) is 84.9 Å². The van der Waals surface area contributed by atoms with Gasteiger partial charge >= 0.3 is 0 Å². The smallest absolute Gasteiger partial charge is 0.0581 e. The Morgan fingerprint density at radius 2 is 1.10 bits per heavy atom. The lowest BCUT2D eigenvalue weighted by Gasteiger charge is -2.19. The Bertz CT molecular complexity index is 678. The van der Waals surface area contributed by atoms with Gasteiger partial charge in [-0.15, -0.1) is 0 Å². The number of nitrogens with zero attached hydrogens (tertiary/aromatic N) is 1. The third-order valence-electron chi connectivity index (χ3n) is 3.27. The minimum absolute atomic E-state index is 0.970. The first-order valence-electron chi connectivity index (χ1n) is 6.60. The van der Waals surface area contributed by atoms with E-state index in [-0.39, 0.29) is 0 Å². The van der Waals surface area contributed by atoms with Gasteiger partial charge in [0, 0.05) is 0 Å². The van der Waals surface area contributed by atoms with Crippen LogP contribution in [0.25, 0.3) is 11.1 Å². The Balaban J connectivity index is 1.96. The molecule has 0 aliphatic carbocycles. The van der Waals surface area contributed by atoms with Crippen molar-refractivity contribution in [3.8, 4) is 11.1 Å². The molecule has 0 heterocycles. The minimum atomic E-state index is 0.970. The van der Waals surface area contributed by atoms with Gasteiger partial charge in [-0.05, 0) is 35.4 Å². The largest absolute Gasteiger partial charge is 0.280 e. The van der Waals surface area contributed by atoms with E-state index in [1.54, 1.807) is 5.01 Å². The maximum Gasteiger partial charge on any atom is 0.0581 e. The third kappa shape index (κ3) is 2.56. The van der Waals surface area contributed by atoms with Crippen LogP contribution in [0.2, 0.25) is 0 Å². The molecule has 0 unspecified atom stereocenters. The Morgan fingerprint density at radius 3 is 1.80 bits per heavy atom. The number of nitrogens with two attached hydrogens (primary N) is 1. The van der Waals surface area contributed by atoms with E-state index in [0.29, 0.717) is 0 Å². The van der Waals surface area contributed by atoms with E-state index in [1.807, 2.05) is 60.7 Å². The molecular formula is C18H16N2. The quantitative estimate of drug-likeness (QED) is 0.560. The highest BCUT2D eigenvalue weighted by atomic mass is 15.4. The minimum Gasteiger partial charge on any atom is -0.280 e. The first-order valence-corrected chi connectivity index (χ1v) is 6.60. The second kappa shape index (κ2) is 5.59. The Labute approximate surface area is 119 Å². The van der Waals surface area contributed by atoms with Crippen molar-refractivity contribution in [1.82, 2.24) is 0 Å². The fourth-order valence-electron chi connectivity index (χ4n) is 2.20. The normalized spacial score (nSPS) is 10.2. The van der Waals surface area contributed by atoms with Crippen LogP contribution in [0, 0.1) is 0 Å². The van der Waals surface area contributed by atoms with Gasteiger partial charge in [-0.2, -0.15) is 0 Å². The summed E-state index contributed by atoms with van der Waals surface area (Å²) in [5.41, 5.74) is 4.29. The Morgan fingerprint density at radius 1 is 0.550 bits per heavy atom. The topological polar surface area (TPSA) is 29.3 Å². The molecular weight excluding hydrogens is 244 g/mol. The van der Waals surface area contributed by atoms with Crippen LogP contribution in [0.4, 0.5) is 11.4 Å². The molecule has 0 atom stereocenters. The number of hydrogen-bond donors (Lipinski definition) is 1. The van der Waals surface area contributed by atoms with E-state index < -0.39 is 0 Å². The fourth-order valence-corrected chi connectivity index (χ4v) is 2.20. The standard InChI is InChI=1S/C18H16N2/c19-20(17-11-5-2-6-12-17)18-13-7-10-16(14-18)15-8-3-1-4-9-15/h1-14H,19H2. The molecule has 3 rings (SSSR count). The summed E-state index contributed by atoms with van der Waals surface area (Å²) in [4.78, 5) is 0. The molecule has 0 aromatic heterocycles. The summed E-state index contributed by atoms with van der Waals surface area (Å²) in [5.74, 6) is 6.20. The maximum atomic E-state index is 6.20. The monoisotopic (exact) mass is 260 g/mol. The second-order valence-electron chi connectivity index (χ2n) is 4.62. The Kier molecular flexibility index (Phi) is 3.48. The lowest BCUT2D eigenvalue weighted by atomic mass is 10.1. The summed E-state index contributed by atoms with van der Waals surface area (Å²) in [6, 6.07) is 28.5. The first-order chi connectivity index (χ1) is 9.84. The van der Waals surface area contributed by atoms with Gasteiger partial charge in [-0.25, -0.2) is 5.84 Å². The number of anilines is 2. The van der Waals surface area contributed by atoms with Gasteiger partial charge in [0.15, 0.2) is 0 Å². The molecule has 0 aliphatic rings. The highest BCUT2D eigenvalue weighted by molar-refractivity contribution is 5.71. The van der Waals surface area contributed by atoms with Crippen molar-refractivity contribution in [2.24, 2.45) is 5.84 Å². The zero-order valence-electron chi connectivity index (χ0n) is 11.1. The van der Waals surface area contributed by atoms with Gasteiger partial charge < -0.3 is 0 Å². The summed E-state index contributed by atoms with van der Waals surface area (Å²) >= 11 is 0. The summed E-state index contributed by atoms with van der Waals surface area (Å²) in [6.45, 7) is 0. The van der Waals surface area contributed by atoms with E-state index >= 15 is 0 Å². The maximum absolute atomic E-state index is 6.20. The molecule has 3 aromatic rings. The van der Waals surface area contributed by atoms with Crippen LogP contribution < -0.4 is 10.9 Å². The van der Waals surface area contributed by atoms with Gasteiger partial charge in [0.2, 0.25) is 0 Å². The van der Waals surface area contributed by atoms with E-state index in [0.717, 1.165) is 16.9 Å². The van der Waals surface area contributed by atoms with Gasteiger partial charge in [0.25, 0.3) is 0 Å². The van der Waals surface area contributed by atoms with Crippen LogP contribution in [0.1, 0.15) is 0 Å². The number of para-hydroxylation sites is 1. The van der Waals surface area contributed by atoms with Crippen molar-refractivity contribution in [2.75, 3.05) is 5.01 Å². The van der Waals surface area contributed by atoms with Crippen LogP contribution in [-0.4, -0.2) is 0 Å². The molecule has 98 valence electrons. The zero-order chi connectivity index (χ0) is 13.8. The molecule has 0 saturated carbocycles. The van der Waals surface area contributed by atoms with Crippen LogP contribution in [-0.2, 0) is 0 Å². The highest BCUT2D eigenvalue weighted by Crippen LogP contribution is 2.27. The van der Waals surface area contributed by atoms with Crippen molar-refractivity contribution >= 4 is 11.4 Å². The lowest BCUT2D eigenvalue weighted by molar-refractivity contribution is 1.09. The number of hydrogen-bond acceptors (Lipinski definition) is 2. The lowest BCUT2D eigenvalue weighted by Crippen LogP contribution is -2.24. The van der Waals surface area contributed by atoms with Gasteiger partial charge in [0.1, 0.15) is 0 Å². The molecule has 20 heavy (non-hydrogen) atoms. The van der Waals surface area contributed by atoms with Gasteiger partial charge in [0.05, 0.1) is 11.4 Å². The molecule has 2 nitrogen and oxygen atoms in total. The number of hydrazine groups is 1.